The lowest BCUT2D eigenvalue weighted by Gasteiger charge is -2.38. The summed E-state index contributed by atoms with van der Waals surface area (Å²) < 4.78 is 0. The van der Waals surface area contributed by atoms with Crippen LogP contribution < -0.4 is 5.73 Å². The molecule has 3 heteroatoms. The van der Waals surface area contributed by atoms with Crippen LogP contribution in [0.15, 0.2) is 24.5 Å². The molecule has 1 aliphatic rings. The van der Waals surface area contributed by atoms with E-state index in [0.29, 0.717) is 0 Å². The van der Waals surface area contributed by atoms with E-state index in [1.54, 1.807) is 0 Å². The highest BCUT2D eigenvalue weighted by molar-refractivity contribution is 5.10. The maximum absolute atomic E-state index is 6.00. The summed E-state index contributed by atoms with van der Waals surface area (Å²) in [6.45, 7) is 4.11. The predicted molar refractivity (Wildman–Crippen MR) is 75.4 cm³/mol. The van der Waals surface area contributed by atoms with Gasteiger partial charge in [-0.15, -0.1) is 0 Å². The molecule has 1 atom stereocenters. The van der Waals surface area contributed by atoms with Crippen LogP contribution in [0, 0.1) is 5.92 Å². The standard InChI is InChI=1S/C15H25N3/c1-15(12-16,11-14-3-4-14)18(2)10-7-13-5-8-17-9-6-13/h5-6,8-9,14H,3-4,7,10-12,16H2,1-2H3. The summed E-state index contributed by atoms with van der Waals surface area (Å²) in [4.78, 5) is 6.49. The first-order chi connectivity index (χ1) is 8.64. The van der Waals surface area contributed by atoms with E-state index in [4.69, 9.17) is 5.73 Å². The van der Waals surface area contributed by atoms with Gasteiger partial charge in [0, 0.05) is 31.0 Å². The number of rotatable bonds is 7. The fraction of sp³-hybridized carbons (Fsp3) is 0.667. The molecule has 1 saturated carbocycles. The molecule has 1 unspecified atom stereocenters. The highest BCUT2D eigenvalue weighted by Crippen LogP contribution is 2.38. The van der Waals surface area contributed by atoms with Crippen LogP contribution in [-0.4, -0.2) is 35.6 Å². The van der Waals surface area contributed by atoms with Crippen molar-refractivity contribution in [2.75, 3.05) is 20.1 Å². The minimum absolute atomic E-state index is 0.161. The molecule has 2 rings (SSSR count). The van der Waals surface area contributed by atoms with Gasteiger partial charge in [-0.2, -0.15) is 0 Å². The summed E-state index contributed by atoms with van der Waals surface area (Å²) in [5, 5.41) is 0. The molecular formula is C15H25N3. The minimum atomic E-state index is 0.161. The average molecular weight is 247 g/mol. The average Bonchev–Trinajstić information content (AvgIpc) is 3.20. The van der Waals surface area contributed by atoms with Crippen molar-refractivity contribution >= 4 is 0 Å². The molecule has 0 aliphatic heterocycles. The van der Waals surface area contributed by atoms with Gasteiger partial charge in [-0.25, -0.2) is 0 Å². The predicted octanol–water partition coefficient (Wildman–Crippen LogP) is 2.07. The van der Waals surface area contributed by atoms with Crippen LogP contribution in [-0.2, 0) is 6.42 Å². The van der Waals surface area contributed by atoms with Crippen LogP contribution in [0.3, 0.4) is 0 Å². The zero-order chi connectivity index (χ0) is 13.0. The van der Waals surface area contributed by atoms with Gasteiger partial charge < -0.3 is 5.73 Å². The first-order valence-electron chi connectivity index (χ1n) is 6.94. The van der Waals surface area contributed by atoms with Crippen LogP contribution in [0.1, 0.15) is 31.7 Å². The van der Waals surface area contributed by atoms with E-state index >= 15 is 0 Å². The Balaban J connectivity index is 1.86. The van der Waals surface area contributed by atoms with Crippen molar-refractivity contribution in [2.24, 2.45) is 11.7 Å². The third-order valence-electron chi connectivity index (χ3n) is 4.27. The lowest BCUT2D eigenvalue weighted by molar-refractivity contribution is 0.129. The summed E-state index contributed by atoms with van der Waals surface area (Å²) in [6.07, 6.45) is 8.83. The van der Waals surface area contributed by atoms with E-state index in [-0.39, 0.29) is 5.54 Å². The van der Waals surface area contributed by atoms with Crippen molar-refractivity contribution in [1.29, 1.82) is 0 Å². The molecule has 1 aromatic rings. The zero-order valence-electron chi connectivity index (χ0n) is 11.6. The second-order valence-electron chi connectivity index (χ2n) is 5.88. The van der Waals surface area contributed by atoms with Crippen molar-refractivity contribution in [1.82, 2.24) is 9.88 Å². The van der Waals surface area contributed by atoms with E-state index in [9.17, 15) is 0 Å². The number of likely N-dealkylation sites (N-methyl/N-ethyl adjacent to an activating group) is 1. The maximum atomic E-state index is 6.00. The van der Waals surface area contributed by atoms with E-state index in [1.165, 1.54) is 24.8 Å². The summed E-state index contributed by atoms with van der Waals surface area (Å²) in [7, 11) is 2.20. The summed E-state index contributed by atoms with van der Waals surface area (Å²) in [5.41, 5.74) is 7.51. The number of nitrogens with two attached hydrogens (primary N) is 1. The Morgan fingerprint density at radius 2 is 2.06 bits per heavy atom. The third-order valence-corrected chi connectivity index (χ3v) is 4.27. The van der Waals surface area contributed by atoms with Gasteiger partial charge in [-0.1, -0.05) is 12.8 Å². The number of hydrogen-bond donors (Lipinski definition) is 1. The monoisotopic (exact) mass is 247 g/mol. The molecule has 18 heavy (non-hydrogen) atoms. The fourth-order valence-corrected chi connectivity index (χ4v) is 2.46. The van der Waals surface area contributed by atoms with Crippen LogP contribution in [0.5, 0.6) is 0 Å². The molecule has 1 heterocycles. The van der Waals surface area contributed by atoms with Gasteiger partial charge in [-0.05, 0) is 50.4 Å². The van der Waals surface area contributed by atoms with E-state index < -0.39 is 0 Å². The molecule has 0 spiro atoms. The van der Waals surface area contributed by atoms with Crippen molar-refractivity contribution < 1.29 is 0 Å². The largest absolute Gasteiger partial charge is 0.329 e. The number of pyridine rings is 1. The molecule has 0 amide bonds. The number of hydrogen-bond acceptors (Lipinski definition) is 3. The van der Waals surface area contributed by atoms with E-state index in [0.717, 1.165) is 25.4 Å². The van der Waals surface area contributed by atoms with E-state index in [1.807, 2.05) is 12.4 Å². The Kier molecular flexibility index (Phi) is 4.36. The second kappa shape index (κ2) is 5.81. The Morgan fingerprint density at radius 1 is 1.39 bits per heavy atom. The summed E-state index contributed by atoms with van der Waals surface area (Å²) in [6, 6.07) is 4.18. The van der Waals surface area contributed by atoms with Gasteiger partial charge in [0.25, 0.3) is 0 Å². The molecule has 0 bridgehead atoms. The lowest BCUT2D eigenvalue weighted by atomic mass is 9.92. The maximum Gasteiger partial charge on any atom is 0.0303 e. The SMILES string of the molecule is CN(CCc1ccncc1)C(C)(CN)CC1CC1. The van der Waals surface area contributed by atoms with Crippen LogP contribution in [0.25, 0.3) is 0 Å². The molecule has 0 radical (unpaired) electrons. The first kappa shape index (κ1) is 13.5. The second-order valence-corrected chi connectivity index (χ2v) is 5.88. The van der Waals surface area contributed by atoms with E-state index in [2.05, 4.69) is 36.0 Å². The smallest absolute Gasteiger partial charge is 0.0303 e. The minimum Gasteiger partial charge on any atom is -0.329 e. The molecular weight excluding hydrogens is 222 g/mol. The zero-order valence-corrected chi connectivity index (χ0v) is 11.6. The van der Waals surface area contributed by atoms with Crippen LogP contribution in [0.4, 0.5) is 0 Å². The van der Waals surface area contributed by atoms with Crippen molar-refractivity contribution in [2.45, 2.75) is 38.1 Å². The molecule has 1 aromatic heterocycles. The summed E-state index contributed by atoms with van der Waals surface area (Å²) in [5.74, 6) is 0.918. The van der Waals surface area contributed by atoms with Crippen molar-refractivity contribution in [3.63, 3.8) is 0 Å². The molecule has 100 valence electrons. The highest BCUT2D eigenvalue weighted by Gasteiger charge is 2.35. The fourth-order valence-electron chi connectivity index (χ4n) is 2.46. The molecule has 0 saturated heterocycles. The first-order valence-corrected chi connectivity index (χ1v) is 6.94. The number of aromatic nitrogens is 1. The third kappa shape index (κ3) is 3.53. The van der Waals surface area contributed by atoms with Crippen molar-refractivity contribution in [3.8, 4) is 0 Å². The van der Waals surface area contributed by atoms with Gasteiger partial charge in [0.2, 0.25) is 0 Å². The number of nitrogens with zero attached hydrogens (tertiary/aromatic N) is 2. The van der Waals surface area contributed by atoms with Gasteiger partial charge in [0.05, 0.1) is 0 Å². The highest BCUT2D eigenvalue weighted by atomic mass is 15.2. The van der Waals surface area contributed by atoms with Crippen LogP contribution >= 0.6 is 0 Å². The van der Waals surface area contributed by atoms with Crippen molar-refractivity contribution in [3.05, 3.63) is 30.1 Å². The quantitative estimate of drug-likeness (QED) is 0.802. The Morgan fingerprint density at radius 3 is 2.61 bits per heavy atom. The van der Waals surface area contributed by atoms with Gasteiger partial charge in [-0.3, -0.25) is 9.88 Å². The Bertz CT molecular complexity index is 361. The molecule has 0 aromatic carbocycles. The van der Waals surface area contributed by atoms with Crippen LogP contribution in [0.2, 0.25) is 0 Å². The Labute approximate surface area is 110 Å². The van der Waals surface area contributed by atoms with Gasteiger partial charge >= 0.3 is 0 Å². The Hall–Kier alpha value is -0.930. The molecule has 3 nitrogen and oxygen atoms in total. The molecule has 2 N–H and O–H groups in total. The lowest BCUT2D eigenvalue weighted by Crippen LogP contribution is -2.50. The molecule has 1 fully saturated rings. The topological polar surface area (TPSA) is 42.2 Å². The van der Waals surface area contributed by atoms with Gasteiger partial charge in [0.15, 0.2) is 0 Å². The normalized spacial score (nSPS) is 18.9. The summed E-state index contributed by atoms with van der Waals surface area (Å²) >= 11 is 0. The van der Waals surface area contributed by atoms with Gasteiger partial charge in [0.1, 0.15) is 0 Å². The molecule has 1 aliphatic carbocycles.